The van der Waals surface area contributed by atoms with Crippen LogP contribution in [0.15, 0.2) is 59.3 Å². The lowest BCUT2D eigenvalue weighted by Crippen LogP contribution is -2.48. The van der Waals surface area contributed by atoms with Gasteiger partial charge in [-0.05, 0) is 63.8 Å². The summed E-state index contributed by atoms with van der Waals surface area (Å²) in [4.78, 5) is 11.9. The SMILES string of the molecule is CC(c1cccc2sccc12)(c1cccc2sccc12)N(O)C(N)=O. The van der Waals surface area contributed by atoms with Crippen LogP contribution in [-0.4, -0.2) is 16.3 Å². The van der Waals surface area contributed by atoms with Crippen LogP contribution in [0.5, 0.6) is 0 Å². The monoisotopic (exact) mass is 368 g/mol. The molecule has 2 heterocycles. The van der Waals surface area contributed by atoms with Gasteiger partial charge in [0, 0.05) is 9.40 Å². The lowest BCUT2D eigenvalue weighted by Gasteiger charge is -2.37. The topological polar surface area (TPSA) is 66.6 Å². The minimum absolute atomic E-state index is 0.645. The zero-order chi connectivity index (χ0) is 17.6. The highest BCUT2D eigenvalue weighted by atomic mass is 32.1. The molecule has 0 spiro atoms. The van der Waals surface area contributed by atoms with Crippen molar-refractivity contribution in [3.8, 4) is 0 Å². The number of hydroxylamine groups is 2. The van der Waals surface area contributed by atoms with Crippen LogP contribution in [0.25, 0.3) is 20.2 Å². The van der Waals surface area contributed by atoms with E-state index in [4.69, 9.17) is 5.73 Å². The van der Waals surface area contributed by atoms with Gasteiger partial charge in [0.15, 0.2) is 0 Å². The zero-order valence-electron chi connectivity index (χ0n) is 13.5. The summed E-state index contributed by atoms with van der Waals surface area (Å²) in [5.74, 6) is 0. The van der Waals surface area contributed by atoms with Gasteiger partial charge in [-0.2, -0.15) is 5.06 Å². The molecule has 0 bridgehead atoms. The number of rotatable bonds is 3. The van der Waals surface area contributed by atoms with Crippen molar-refractivity contribution in [2.75, 3.05) is 0 Å². The number of amides is 2. The van der Waals surface area contributed by atoms with Gasteiger partial charge in [0.25, 0.3) is 0 Å². The highest BCUT2D eigenvalue weighted by Crippen LogP contribution is 2.43. The maximum Gasteiger partial charge on any atom is 0.339 e. The minimum Gasteiger partial charge on any atom is -0.350 e. The van der Waals surface area contributed by atoms with E-state index in [1.807, 2.05) is 66.2 Å². The Bertz CT molecular complexity index is 1010. The Morgan fingerprint density at radius 1 is 0.960 bits per heavy atom. The summed E-state index contributed by atoms with van der Waals surface area (Å²) < 4.78 is 2.19. The van der Waals surface area contributed by atoms with Gasteiger partial charge in [0.1, 0.15) is 5.54 Å². The van der Waals surface area contributed by atoms with Gasteiger partial charge >= 0.3 is 6.03 Å². The second-order valence-electron chi connectivity index (χ2n) is 6.00. The maximum absolute atomic E-state index is 11.9. The molecule has 0 aliphatic rings. The average Bonchev–Trinajstić information content (AvgIpc) is 3.28. The number of nitrogens with zero attached hydrogens (tertiary/aromatic N) is 1. The standard InChI is InChI=1S/C19H16N2O2S2/c1-19(21(23)18(20)22,14-4-2-6-16-12(14)8-10-24-16)15-5-3-7-17-13(15)9-11-25-17/h2-11,23H,1H3,(H2,20,22). The van der Waals surface area contributed by atoms with Gasteiger partial charge in [-0.3, -0.25) is 5.21 Å². The molecule has 0 aliphatic carbocycles. The van der Waals surface area contributed by atoms with Crippen LogP contribution in [-0.2, 0) is 5.54 Å². The first-order chi connectivity index (χ1) is 12.0. The number of urea groups is 1. The minimum atomic E-state index is -1.10. The fourth-order valence-corrected chi connectivity index (χ4v) is 5.06. The van der Waals surface area contributed by atoms with Gasteiger partial charge in [0.2, 0.25) is 0 Å². The van der Waals surface area contributed by atoms with Crippen molar-refractivity contribution in [2.24, 2.45) is 5.73 Å². The quantitative estimate of drug-likeness (QED) is 0.388. The van der Waals surface area contributed by atoms with Gasteiger partial charge in [-0.15, -0.1) is 22.7 Å². The number of hydrogen-bond donors (Lipinski definition) is 2. The molecule has 0 aliphatic heterocycles. The summed E-state index contributed by atoms with van der Waals surface area (Å²) in [6.45, 7) is 1.83. The lowest BCUT2D eigenvalue weighted by molar-refractivity contribution is -0.104. The molecule has 6 heteroatoms. The van der Waals surface area contributed by atoms with Crippen molar-refractivity contribution in [2.45, 2.75) is 12.5 Å². The Balaban J connectivity index is 2.09. The summed E-state index contributed by atoms with van der Waals surface area (Å²) in [6, 6.07) is 14.9. The third kappa shape index (κ3) is 2.33. The molecular weight excluding hydrogens is 352 g/mol. The van der Waals surface area contributed by atoms with Crippen LogP contribution in [0.2, 0.25) is 0 Å². The smallest absolute Gasteiger partial charge is 0.339 e. The van der Waals surface area contributed by atoms with E-state index in [2.05, 4.69) is 0 Å². The molecule has 126 valence electrons. The van der Waals surface area contributed by atoms with Crippen molar-refractivity contribution in [3.05, 3.63) is 70.4 Å². The molecule has 0 radical (unpaired) electrons. The van der Waals surface area contributed by atoms with Crippen molar-refractivity contribution in [1.29, 1.82) is 0 Å². The Hall–Kier alpha value is -2.41. The van der Waals surface area contributed by atoms with Crippen molar-refractivity contribution in [3.63, 3.8) is 0 Å². The molecule has 4 nitrogen and oxygen atoms in total. The summed E-state index contributed by atoms with van der Waals surface area (Å²) in [7, 11) is 0. The third-order valence-corrected chi connectivity index (χ3v) is 6.44. The fraction of sp³-hybridized carbons (Fsp3) is 0.105. The zero-order valence-corrected chi connectivity index (χ0v) is 15.1. The summed E-state index contributed by atoms with van der Waals surface area (Å²) in [5.41, 5.74) is 6.05. The van der Waals surface area contributed by atoms with Crippen molar-refractivity contribution >= 4 is 48.9 Å². The first-order valence-electron chi connectivity index (χ1n) is 7.75. The molecule has 2 aromatic carbocycles. The van der Waals surface area contributed by atoms with Crippen LogP contribution >= 0.6 is 22.7 Å². The van der Waals surface area contributed by atoms with Crippen LogP contribution < -0.4 is 5.73 Å². The number of hydrogen-bond acceptors (Lipinski definition) is 4. The summed E-state index contributed by atoms with van der Waals surface area (Å²) in [6.07, 6.45) is 0. The Morgan fingerprint density at radius 3 is 1.88 bits per heavy atom. The van der Waals surface area contributed by atoms with E-state index in [1.54, 1.807) is 22.7 Å². The fourth-order valence-electron chi connectivity index (χ4n) is 3.43. The van der Waals surface area contributed by atoms with Crippen LogP contribution in [0, 0.1) is 0 Å². The molecular formula is C19H16N2O2S2. The highest BCUT2D eigenvalue weighted by molar-refractivity contribution is 7.17. The molecule has 25 heavy (non-hydrogen) atoms. The van der Waals surface area contributed by atoms with Crippen LogP contribution in [0.4, 0.5) is 4.79 Å². The summed E-state index contributed by atoms with van der Waals surface area (Å²) in [5, 5.41) is 17.4. The number of nitrogens with two attached hydrogens (primary N) is 1. The maximum atomic E-state index is 11.9. The number of fused-ring (bicyclic) bond motifs is 2. The van der Waals surface area contributed by atoms with E-state index in [0.717, 1.165) is 31.3 Å². The van der Waals surface area contributed by atoms with Gasteiger partial charge < -0.3 is 5.73 Å². The molecule has 2 aromatic heterocycles. The van der Waals surface area contributed by atoms with Gasteiger partial charge in [-0.1, -0.05) is 24.3 Å². The van der Waals surface area contributed by atoms with Gasteiger partial charge in [-0.25, -0.2) is 4.79 Å². The van der Waals surface area contributed by atoms with E-state index in [0.29, 0.717) is 5.06 Å². The second-order valence-corrected chi connectivity index (χ2v) is 7.89. The molecule has 0 atom stereocenters. The molecule has 3 N–H and O–H groups in total. The normalized spacial score (nSPS) is 11.9. The molecule has 2 amide bonds. The molecule has 0 fully saturated rings. The number of primary amides is 1. The highest BCUT2D eigenvalue weighted by Gasteiger charge is 2.40. The Labute approximate surface area is 152 Å². The Kier molecular flexibility index (Phi) is 3.76. The van der Waals surface area contributed by atoms with Crippen molar-refractivity contribution < 1.29 is 10.0 Å². The molecule has 0 unspecified atom stereocenters. The second kappa shape index (κ2) is 5.84. The predicted octanol–water partition coefficient (Wildman–Crippen LogP) is 5.15. The number of thiophene rings is 2. The number of benzene rings is 2. The third-order valence-electron chi connectivity index (χ3n) is 4.67. The van der Waals surface area contributed by atoms with E-state index < -0.39 is 11.6 Å². The van der Waals surface area contributed by atoms with E-state index in [-0.39, 0.29) is 0 Å². The van der Waals surface area contributed by atoms with Gasteiger partial charge in [0.05, 0.1) is 0 Å². The lowest BCUT2D eigenvalue weighted by atomic mass is 9.81. The number of carbonyl (C=O) groups excluding carboxylic acids is 1. The first kappa shape index (κ1) is 16.1. The van der Waals surface area contributed by atoms with Crippen LogP contribution in [0.1, 0.15) is 18.1 Å². The molecule has 0 saturated carbocycles. The molecule has 4 aromatic rings. The van der Waals surface area contributed by atoms with Crippen LogP contribution in [0.3, 0.4) is 0 Å². The largest absolute Gasteiger partial charge is 0.350 e. The van der Waals surface area contributed by atoms with E-state index in [9.17, 15) is 10.0 Å². The molecule has 4 rings (SSSR count). The predicted molar refractivity (Wildman–Crippen MR) is 103 cm³/mol. The average molecular weight is 368 g/mol. The summed E-state index contributed by atoms with van der Waals surface area (Å²) >= 11 is 3.25. The van der Waals surface area contributed by atoms with E-state index >= 15 is 0 Å². The van der Waals surface area contributed by atoms with Crippen molar-refractivity contribution in [1.82, 2.24) is 5.06 Å². The molecule has 0 saturated heterocycles. The first-order valence-corrected chi connectivity index (χ1v) is 9.51. The Morgan fingerprint density at radius 2 is 1.44 bits per heavy atom. The van der Waals surface area contributed by atoms with E-state index in [1.165, 1.54) is 0 Å². The number of carbonyl (C=O) groups is 1.